The van der Waals surface area contributed by atoms with Crippen molar-refractivity contribution in [3.8, 4) is 17.1 Å². The second kappa shape index (κ2) is 7.56. The summed E-state index contributed by atoms with van der Waals surface area (Å²) in [7, 11) is 0. The number of hydrogen-bond acceptors (Lipinski definition) is 1. The van der Waals surface area contributed by atoms with Gasteiger partial charge in [0.15, 0.2) is 0 Å². The Bertz CT molecular complexity index is 1110. The first-order valence-corrected chi connectivity index (χ1v) is 10.6. The van der Waals surface area contributed by atoms with Gasteiger partial charge in [0.25, 0.3) is 0 Å². The maximum atomic E-state index is 5.04. The lowest BCUT2D eigenvalue weighted by atomic mass is 9.92. The summed E-state index contributed by atoms with van der Waals surface area (Å²) in [5, 5.41) is 0. The molecule has 0 atom stereocenters. The predicted octanol–water partition coefficient (Wildman–Crippen LogP) is 7.70. The van der Waals surface area contributed by atoms with Crippen molar-refractivity contribution in [1.29, 1.82) is 0 Å². The van der Waals surface area contributed by atoms with Gasteiger partial charge in [-0.2, -0.15) is 0 Å². The van der Waals surface area contributed by atoms with Gasteiger partial charge in [-0.3, -0.25) is 4.57 Å². The molecule has 0 N–H and O–H groups in total. The van der Waals surface area contributed by atoms with E-state index in [4.69, 9.17) is 4.98 Å². The molecule has 0 aliphatic heterocycles. The van der Waals surface area contributed by atoms with Crippen molar-refractivity contribution in [3.63, 3.8) is 0 Å². The Kier molecular flexibility index (Phi) is 5.11. The van der Waals surface area contributed by atoms with Crippen molar-refractivity contribution in [3.05, 3.63) is 82.3 Å². The van der Waals surface area contributed by atoms with Crippen LogP contribution in [0.3, 0.4) is 0 Å². The van der Waals surface area contributed by atoms with Crippen molar-refractivity contribution in [2.24, 2.45) is 0 Å². The van der Waals surface area contributed by atoms with Crippen LogP contribution in [0.25, 0.3) is 28.1 Å². The summed E-state index contributed by atoms with van der Waals surface area (Å²) >= 11 is 3.62. The molecule has 28 heavy (non-hydrogen) atoms. The van der Waals surface area contributed by atoms with Crippen LogP contribution in [0, 0.1) is 0 Å². The number of para-hydroxylation sites is 3. The van der Waals surface area contributed by atoms with Gasteiger partial charge in [-0.05, 0) is 47.2 Å². The number of aromatic nitrogens is 2. The molecule has 3 aromatic carbocycles. The second-order valence-corrected chi connectivity index (χ2v) is 8.78. The SMILES string of the molecule is CC(C)c1cccc(C(C)C)c1-n1c(-c2cccc(Br)c2)nc2ccccc21. The highest BCUT2D eigenvalue weighted by Crippen LogP contribution is 2.37. The van der Waals surface area contributed by atoms with E-state index in [1.807, 2.05) is 0 Å². The fourth-order valence-corrected chi connectivity index (χ4v) is 4.24. The first-order chi connectivity index (χ1) is 13.5. The molecule has 0 saturated heterocycles. The van der Waals surface area contributed by atoms with Gasteiger partial charge in [-0.1, -0.05) is 86.1 Å². The molecular weight excluding hydrogens is 408 g/mol. The van der Waals surface area contributed by atoms with Gasteiger partial charge in [0.1, 0.15) is 5.82 Å². The summed E-state index contributed by atoms with van der Waals surface area (Å²) in [5.74, 6) is 1.83. The number of fused-ring (bicyclic) bond motifs is 1. The molecule has 2 nitrogen and oxygen atoms in total. The smallest absolute Gasteiger partial charge is 0.145 e. The van der Waals surface area contributed by atoms with Gasteiger partial charge in [0, 0.05) is 10.0 Å². The van der Waals surface area contributed by atoms with E-state index in [1.165, 1.54) is 16.8 Å². The van der Waals surface area contributed by atoms with Crippen LogP contribution in [-0.4, -0.2) is 9.55 Å². The Labute approximate surface area is 175 Å². The molecule has 0 unspecified atom stereocenters. The summed E-state index contributed by atoms with van der Waals surface area (Å²) in [6.07, 6.45) is 0. The minimum atomic E-state index is 0.422. The molecule has 0 aliphatic carbocycles. The second-order valence-electron chi connectivity index (χ2n) is 7.86. The Morgan fingerprint density at radius 2 is 1.43 bits per heavy atom. The quantitative estimate of drug-likeness (QED) is 0.322. The summed E-state index contributed by atoms with van der Waals surface area (Å²) in [5.41, 5.74) is 7.25. The van der Waals surface area contributed by atoms with Crippen molar-refractivity contribution in [2.75, 3.05) is 0 Å². The van der Waals surface area contributed by atoms with E-state index in [1.54, 1.807) is 0 Å². The molecule has 3 heteroatoms. The summed E-state index contributed by atoms with van der Waals surface area (Å²) in [4.78, 5) is 5.04. The molecular formula is C25H25BrN2. The Balaban J connectivity index is 2.14. The molecule has 0 saturated carbocycles. The van der Waals surface area contributed by atoms with Crippen LogP contribution in [0.5, 0.6) is 0 Å². The predicted molar refractivity (Wildman–Crippen MR) is 122 cm³/mol. The third-order valence-electron chi connectivity index (χ3n) is 5.21. The molecule has 0 aliphatic rings. The average molecular weight is 433 g/mol. The highest BCUT2D eigenvalue weighted by Gasteiger charge is 2.21. The van der Waals surface area contributed by atoms with Crippen molar-refractivity contribution in [2.45, 2.75) is 39.5 Å². The van der Waals surface area contributed by atoms with E-state index in [0.717, 1.165) is 26.9 Å². The van der Waals surface area contributed by atoms with E-state index in [2.05, 4.69) is 115 Å². The van der Waals surface area contributed by atoms with Gasteiger partial charge < -0.3 is 0 Å². The number of nitrogens with zero attached hydrogens (tertiary/aromatic N) is 2. The monoisotopic (exact) mass is 432 g/mol. The summed E-state index contributed by atoms with van der Waals surface area (Å²) in [6, 6.07) is 23.5. The number of halogens is 1. The largest absolute Gasteiger partial charge is 0.292 e. The molecule has 0 amide bonds. The minimum Gasteiger partial charge on any atom is -0.292 e. The molecule has 4 rings (SSSR count). The zero-order chi connectivity index (χ0) is 19.8. The van der Waals surface area contributed by atoms with Gasteiger partial charge in [-0.25, -0.2) is 4.98 Å². The lowest BCUT2D eigenvalue weighted by Crippen LogP contribution is -2.08. The maximum Gasteiger partial charge on any atom is 0.145 e. The fourth-order valence-electron chi connectivity index (χ4n) is 3.84. The van der Waals surface area contributed by atoms with Crippen LogP contribution in [0.1, 0.15) is 50.7 Å². The van der Waals surface area contributed by atoms with Crippen LogP contribution in [0.4, 0.5) is 0 Å². The molecule has 142 valence electrons. The van der Waals surface area contributed by atoms with Crippen molar-refractivity contribution >= 4 is 27.0 Å². The number of imidazole rings is 1. The number of benzene rings is 3. The van der Waals surface area contributed by atoms with E-state index in [0.29, 0.717) is 11.8 Å². The number of hydrogen-bond donors (Lipinski definition) is 0. The van der Waals surface area contributed by atoms with E-state index < -0.39 is 0 Å². The molecule has 4 aromatic rings. The third-order valence-corrected chi connectivity index (χ3v) is 5.70. The Morgan fingerprint density at radius 3 is 2.07 bits per heavy atom. The lowest BCUT2D eigenvalue weighted by molar-refractivity contribution is 0.811. The molecule has 0 spiro atoms. The number of rotatable bonds is 4. The lowest BCUT2D eigenvalue weighted by Gasteiger charge is -2.22. The molecule has 0 radical (unpaired) electrons. The van der Waals surface area contributed by atoms with E-state index in [-0.39, 0.29) is 0 Å². The van der Waals surface area contributed by atoms with Crippen LogP contribution in [0.15, 0.2) is 71.2 Å². The highest BCUT2D eigenvalue weighted by molar-refractivity contribution is 9.10. The van der Waals surface area contributed by atoms with Crippen LogP contribution in [0.2, 0.25) is 0 Å². The standard InChI is InChI=1S/C25H25BrN2/c1-16(2)20-11-8-12-21(17(3)4)24(20)28-23-14-6-5-13-22(23)27-25(28)18-9-7-10-19(26)15-18/h5-17H,1-4H3. The maximum absolute atomic E-state index is 5.04. The van der Waals surface area contributed by atoms with Crippen LogP contribution >= 0.6 is 15.9 Å². The van der Waals surface area contributed by atoms with Crippen molar-refractivity contribution in [1.82, 2.24) is 9.55 Å². The Hall–Kier alpha value is -2.39. The minimum absolute atomic E-state index is 0.422. The average Bonchev–Trinajstić information content (AvgIpc) is 3.06. The van der Waals surface area contributed by atoms with Gasteiger partial charge >= 0.3 is 0 Å². The van der Waals surface area contributed by atoms with Crippen molar-refractivity contribution < 1.29 is 0 Å². The Morgan fingerprint density at radius 1 is 0.786 bits per heavy atom. The summed E-state index contributed by atoms with van der Waals surface area (Å²) in [6.45, 7) is 9.06. The highest BCUT2D eigenvalue weighted by atomic mass is 79.9. The molecule has 0 bridgehead atoms. The topological polar surface area (TPSA) is 17.8 Å². The van der Waals surface area contributed by atoms with E-state index in [9.17, 15) is 0 Å². The summed E-state index contributed by atoms with van der Waals surface area (Å²) < 4.78 is 3.42. The molecule has 1 heterocycles. The molecule has 1 aromatic heterocycles. The third kappa shape index (κ3) is 3.29. The zero-order valence-corrected chi connectivity index (χ0v) is 18.4. The first kappa shape index (κ1) is 18.9. The van der Waals surface area contributed by atoms with Gasteiger partial charge in [0.2, 0.25) is 0 Å². The van der Waals surface area contributed by atoms with Gasteiger partial charge in [-0.15, -0.1) is 0 Å². The normalized spacial score (nSPS) is 11.7. The van der Waals surface area contributed by atoms with Crippen LogP contribution < -0.4 is 0 Å². The zero-order valence-electron chi connectivity index (χ0n) is 16.8. The first-order valence-electron chi connectivity index (χ1n) is 9.84. The fraction of sp³-hybridized carbons (Fsp3) is 0.240. The van der Waals surface area contributed by atoms with Gasteiger partial charge in [0.05, 0.1) is 16.7 Å². The molecule has 0 fully saturated rings. The van der Waals surface area contributed by atoms with Crippen LogP contribution in [-0.2, 0) is 0 Å². The van der Waals surface area contributed by atoms with E-state index >= 15 is 0 Å².